The number of nitrogens with one attached hydrogen (secondary N) is 1. The molecule has 0 spiro atoms. The molecule has 2 atom stereocenters. The molecule has 0 bridgehead atoms. The van der Waals surface area contributed by atoms with Gasteiger partial charge in [0.1, 0.15) is 0 Å². The molecule has 0 aromatic heterocycles. The van der Waals surface area contributed by atoms with Crippen LogP contribution in [0.4, 0.5) is 13.2 Å². The minimum Gasteiger partial charge on any atom is -0.392 e. The summed E-state index contributed by atoms with van der Waals surface area (Å²) in [4.78, 5) is 0. The van der Waals surface area contributed by atoms with Crippen molar-refractivity contribution in [3.05, 3.63) is 35.9 Å². The summed E-state index contributed by atoms with van der Waals surface area (Å²) in [7, 11) is 0. The number of rotatable bonds is 5. The maximum Gasteiger partial charge on any atom is 0.390 e. The van der Waals surface area contributed by atoms with Gasteiger partial charge in [-0.3, -0.25) is 0 Å². The number of aliphatic hydroxyl groups excluding tert-OH is 1. The van der Waals surface area contributed by atoms with E-state index in [9.17, 15) is 13.2 Å². The molecule has 5 heteroatoms. The van der Waals surface area contributed by atoms with Crippen molar-refractivity contribution in [2.45, 2.75) is 31.7 Å². The molecule has 1 aromatic carbocycles. The molecular formula is C12H16F3NO. The largest absolute Gasteiger partial charge is 0.392 e. The van der Waals surface area contributed by atoms with E-state index in [1.807, 2.05) is 0 Å². The summed E-state index contributed by atoms with van der Waals surface area (Å²) in [6.45, 7) is 1.66. The number of benzene rings is 1. The van der Waals surface area contributed by atoms with Crippen molar-refractivity contribution in [1.82, 2.24) is 5.32 Å². The Balaban J connectivity index is 2.72. The second kappa shape index (κ2) is 6.02. The van der Waals surface area contributed by atoms with Gasteiger partial charge < -0.3 is 10.4 Å². The van der Waals surface area contributed by atoms with E-state index in [1.54, 1.807) is 30.3 Å². The molecule has 0 heterocycles. The Labute approximate surface area is 98.5 Å². The van der Waals surface area contributed by atoms with Crippen molar-refractivity contribution in [1.29, 1.82) is 0 Å². The van der Waals surface area contributed by atoms with Gasteiger partial charge in [-0.1, -0.05) is 30.3 Å². The topological polar surface area (TPSA) is 32.3 Å². The average molecular weight is 247 g/mol. The van der Waals surface area contributed by atoms with Crippen LogP contribution >= 0.6 is 0 Å². The van der Waals surface area contributed by atoms with E-state index in [0.29, 0.717) is 5.56 Å². The third-order valence-corrected chi connectivity index (χ3v) is 2.30. The highest BCUT2D eigenvalue weighted by Crippen LogP contribution is 2.29. The van der Waals surface area contributed by atoms with Gasteiger partial charge in [0.15, 0.2) is 0 Å². The van der Waals surface area contributed by atoms with Crippen LogP contribution in [0.3, 0.4) is 0 Å². The highest BCUT2D eigenvalue weighted by atomic mass is 19.4. The van der Waals surface area contributed by atoms with Crippen LogP contribution in [0, 0.1) is 0 Å². The monoisotopic (exact) mass is 247 g/mol. The molecule has 0 amide bonds. The Morgan fingerprint density at radius 3 is 2.29 bits per heavy atom. The van der Waals surface area contributed by atoms with E-state index in [4.69, 9.17) is 5.11 Å². The van der Waals surface area contributed by atoms with Crippen LogP contribution in [0.25, 0.3) is 0 Å². The zero-order chi connectivity index (χ0) is 12.9. The maximum atomic E-state index is 12.4. The van der Waals surface area contributed by atoms with Crippen molar-refractivity contribution in [3.8, 4) is 0 Å². The molecule has 0 radical (unpaired) electrons. The molecule has 2 N–H and O–H groups in total. The van der Waals surface area contributed by atoms with Gasteiger partial charge >= 0.3 is 6.18 Å². The third-order valence-electron chi connectivity index (χ3n) is 2.30. The Kier molecular flexibility index (Phi) is 4.96. The summed E-state index contributed by atoms with van der Waals surface area (Å²) in [5, 5.41) is 11.8. The standard InChI is InChI=1S/C12H16F3NO/c1-9(17)8-16-11(7-12(13,14)15)10-5-3-2-4-6-10/h2-6,9,11,16-17H,7-8H2,1H3. The average Bonchev–Trinajstić information content (AvgIpc) is 2.24. The second-order valence-electron chi connectivity index (χ2n) is 4.04. The Bertz CT molecular complexity index is 324. The SMILES string of the molecule is CC(O)CNC(CC(F)(F)F)c1ccccc1. The van der Waals surface area contributed by atoms with Crippen molar-refractivity contribution < 1.29 is 18.3 Å². The zero-order valence-corrected chi connectivity index (χ0v) is 9.54. The molecule has 0 saturated heterocycles. The molecule has 1 rings (SSSR count). The fraction of sp³-hybridized carbons (Fsp3) is 0.500. The van der Waals surface area contributed by atoms with E-state index in [-0.39, 0.29) is 6.54 Å². The van der Waals surface area contributed by atoms with Crippen molar-refractivity contribution >= 4 is 0 Å². The summed E-state index contributed by atoms with van der Waals surface area (Å²) < 4.78 is 37.2. The van der Waals surface area contributed by atoms with E-state index >= 15 is 0 Å². The van der Waals surface area contributed by atoms with Crippen LogP contribution in [0.15, 0.2) is 30.3 Å². The molecule has 17 heavy (non-hydrogen) atoms. The minimum atomic E-state index is -4.23. The quantitative estimate of drug-likeness (QED) is 0.838. The fourth-order valence-corrected chi connectivity index (χ4v) is 1.54. The lowest BCUT2D eigenvalue weighted by atomic mass is 10.0. The van der Waals surface area contributed by atoms with Crippen LogP contribution in [-0.4, -0.2) is 23.9 Å². The number of alkyl halides is 3. The molecule has 1 aromatic rings. The molecule has 0 aliphatic carbocycles. The summed E-state index contributed by atoms with van der Waals surface area (Å²) in [5.41, 5.74) is 0.575. The van der Waals surface area contributed by atoms with Crippen molar-refractivity contribution in [3.63, 3.8) is 0 Å². The number of hydrogen-bond acceptors (Lipinski definition) is 2. The lowest BCUT2D eigenvalue weighted by Crippen LogP contribution is -2.31. The summed E-state index contributed by atoms with van der Waals surface area (Å²) in [6, 6.07) is 7.62. The molecule has 0 aliphatic heterocycles. The minimum absolute atomic E-state index is 0.135. The molecule has 0 saturated carbocycles. The first-order chi connectivity index (χ1) is 7.88. The van der Waals surface area contributed by atoms with Crippen molar-refractivity contribution in [2.75, 3.05) is 6.54 Å². The summed E-state index contributed by atoms with van der Waals surface area (Å²) in [6.07, 6.45) is -5.84. The number of hydrogen-bond donors (Lipinski definition) is 2. The predicted octanol–water partition coefficient (Wildman–Crippen LogP) is 2.65. The van der Waals surface area contributed by atoms with Crippen LogP contribution in [0.2, 0.25) is 0 Å². The third kappa shape index (κ3) is 5.70. The molecule has 2 nitrogen and oxygen atoms in total. The lowest BCUT2D eigenvalue weighted by molar-refractivity contribution is -0.140. The van der Waals surface area contributed by atoms with Gasteiger partial charge in [0, 0.05) is 12.6 Å². The van der Waals surface area contributed by atoms with E-state index in [0.717, 1.165) is 0 Å². The molecule has 0 fully saturated rings. The van der Waals surface area contributed by atoms with Crippen LogP contribution in [0.5, 0.6) is 0 Å². The molecule has 96 valence electrons. The van der Waals surface area contributed by atoms with Crippen molar-refractivity contribution in [2.24, 2.45) is 0 Å². The maximum absolute atomic E-state index is 12.4. The van der Waals surface area contributed by atoms with Gasteiger partial charge in [0.25, 0.3) is 0 Å². The molecular weight excluding hydrogens is 231 g/mol. The van der Waals surface area contributed by atoms with Crippen LogP contribution in [-0.2, 0) is 0 Å². The summed E-state index contributed by atoms with van der Waals surface area (Å²) in [5.74, 6) is 0. The fourth-order valence-electron chi connectivity index (χ4n) is 1.54. The Morgan fingerprint density at radius 2 is 1.82 bits per heavy atom. The van der Waals surface area contributed by atoms with Gasteiger partial charge in [-0.05, 0) is 12.5 Å². The number of halogens is 3. The summed E-state index contributed by atoms with van der Waals surface area (Å²) >= 11 is 0. The Morgan fingerprint density at radius 1 is 1.24 bits per heavy atom. The highest BCUT2D eigenvalue weighted by molar-refractivity contribution is 5.19. The highest BCUT2D eigenvalue weighted by Gasteiger charge is 2.32. The van der Waals surface area contributed by atoms with Gasteiger partial charge in [-0.15, -0.1) is 0 Å². The van der Waals surface area contributed by atoms with Gasteiger partial charge in [-0.2, -0.15) is 13.2 Å². The van der Waals surface area contributed by atoms with Crippen LogP contribution in [0.1, 0.15) is 24.9 Å². The second-order valence-corrected chi connectivity index (χ2v) is 4.04. The zero-order valence-electron chi connectivity index (χ0n) is 9.54. The van der Waals surface area contributed by atoms with E-state index in [2.05, 4.69) is 5.32 Å². The normalized spacial score (nSPS) is 15.6. The van der Waals surface area contributed by atoms with E-state index < -0.39 is 24.7 Å². The lowest BCUT2D eigenvalue weighted by Gasteiger charge is -2.21. The van der Waals surface area contributed by atoms with E-state index in [1.165, 1.54) is 6.92 Å². The van der Waals surface area contributed by atoms with Gasteiger partial charge in [0.05, 0.1) is 12.5 Å². The smallest absolute Gasteiger partial charge is 0.390 e. The van der Waals surface area contributed by atoms with Gasteiger partial charge in [0.2, 0.25) is 0 Å². The first-order valence-corrected chi connectivity index (χ1v) is 5.41. The predicted molar refractivity (Wildman–Crippen MR) is 59.5 cm³/mol. The van der Waals surface area contributed by atoms with Gasteiger partial charge in [-0.25, -0.2) is 0 Å². The first kappa shape index (κ1) is 14.0. The molecule has 0 aliphatic rings. The van der Waals surface area contributed by atoms with Crippen LogP contribution < -0.4 is 5.32 Å². The Hall–Kier alpha value is -1.07. The first-order valence-electron chi connectivity index (χ1n) is 5.41. The molecule has 2 unspecified atom stereocenters. The number of aliphatic hydroxyl groups is 1.